The number of carbonyl (C=O) groups is 2. The van der Waals surface area contributed by atoms with Gasteiger partial charge in [0.25, 0.3) is 0 Å². The fraction of sp³-hybridized carbons (Fsp3) is 0.125. The van der Waals surface area contributed by atoms with Crippen LogP contribution < -0.4 is 0 Å². The second-order valence-corrected chi connectivity index (χ2v) is 4.79. The van der Waals surface area contributed by atoms with Crippen molar-refractivity contribution in [2.45, 2.75) is 6.92 Å². The summed E-state index contributed by atoms with van der Waals surface area (Å²) < 4.78 is 0. The molecule has 3 rings (SSSR count). The highest BCUT2D eigenvalue weighted by molar-refractivity contribution is 6.40. The first-order valence-corrected chi connectivity index (χ1v) is 6.11. The molecule has 1 aromatic carbocycles. The summed E-state index contributed by atoms with van der Waals surface area (Å²) in [6.07, 6.45) is 5.58. The SMILES string of the molecule is CC1=CN(C)C=CC1=C1C(=O)c2ccccc2C1=O. The minimum absolute atomic E-state index is 0.169. The fourth-order valence-corrected chi connectivity index (χ4v) is 2.52. The summed E-state index contributed by atoms with van der Waals surface area (Å²) >= 11 is 0. The quantitative estimate of drug-likeness (QED) is 0.525. The van der Waals surface area contributed by atoms with E-state index in [4.69, 9.17) is 0 Å². The van der Waals surface area contributed by atoms with E-state index >= 15 is 0 Å². The molecule has 1 aliphatic heterocycles. The molecule has 0 saturated carbocycles. The Hall–Kier alpha value is -2.42. The maximum atomic E-state index is 12.4. The van der Waals surface area contributed by atoms with Crippen LogP contribution in [0.4, 0.5) is 0 Å². The number of hydrogen-bond donors (Lipinski definition) is 0. The molecule has 3 heteroatoms. The Labute approximate surface area is 111 Å². The first-order chi connectivity index (χ1) is 9.09. The largest absolute Gasteiger partial charge is 0.357 e. The summed E-state index contributed by atoms with van der Waals surface area (Å²) in [4.78, 5) is 26.7. The number of carbonyl (C=O) groups excluding carboxylic acids is 2. The van der Waals surface area contributed by atoms with Crippen molar-refractivity contribution in [3.63, 3.8) is 0 Å². The first-order valence-electron chi connectivity index (χ1n) is 6.11. The van der Waals surface area contributed by atoms with Crippen molar-refractivity contribution in [3.05, 3.63) is 70.6 Å². The molecule has 0 radical (unpaired) electrons. The van der Waals surface area contributed by atoms with E-state index in [0.29, 0.717) is 16.7 Å². The van der Waals surface area contributed by atoms with Gasteiger partial charge in [0.1, 0.15) is 0 Å². The van der Waals surface area contributed by atoms with Crippen LogP contribution in [-0.2, 0) is 0 Å². The van der Waals surface area contributed by atoms with Gasteiger partial charge in [-0.15, -0.1) is 0 Å². The maximum absolute atomic E-state index is 12.4. The lowest BCUT2D eigenvalue weighted by atomic mass is 9.96. The number of Topliss-reactive ketones (excluding diaryl/α,β-unsaturated/α-hetero) is 2. The third kappa shape index (κ3) is 1.66. The van der Waals surface area contributed by atoms with Gasteiger partial charge in [-0.1, -0.05) is 24.3 Å². The van der Waals surface area contributed by atoms with Crippen molar-refractivity contribution in [3.8, 4) is 0 Å². The van der Waals surface area contributed by atoms with Crippen LogP contribution in [0.5, 0.6) is 0 Å². The third-order valence-electron chi connectivity index (χ3n) is 3.44. The predicted octanol–water partition coefficient (Wildman–Crippen LogP) is 2.73. The van der Waals surface area contributed by atoms with Gasteiger partial charge in [0.2, 0.25) is 0 Å². The highest BCUT2D eigenvalue weighted by Crippen LogP contribution is 2.32. The van der Waals surface area contributed by atoms with E-state index in [1.54, 1.807) is 24.3 Å². The van der Waals surface area contributed by atoms with Crippen LogP contribution in [-0.4, -0.2) is 23.5 Å². The zero-order valence-corrected chi connectivity index (χ0v) is 10.8. The molecule has 1 heterocycles. The predicted molar refractivity (Wildman–Crippen MR) is 72.8 cm³/mol. The Morgan fingerprint density at radius 1 is 1.00 bits per heavy atom. The Bertz CT molecular complexity index is 655. The lowest BCUT2D eigenvalue weighted by Crippen LogP contribution is -2.11. The normalized spacial score (nSPS) is 18.0. The zero-order chi connectivity index (χ0) is 13.6. The molecule has 0 N–H and O–H groups in total. The van der Waals surface area contributed by atoms with Gasteiger partial charge < -0.3 is 4.90 Å². The lowest BCUT2D eigenvalue weighted by Gasteiger charge is -2.17. The van der Waals surface area contributed by atoms with Crippen molar-refractivity contribution < 1.29 is 9.59 Å². The van der Waals surface area contributed by atoms with Gasteiger partial charge in [0.05, 0.1) is 5.57 Å². The number of ketones is 2. The van der Waals surface area contributed by atoms with Crippen molar-refractivity contribution in [1.82, 2.24) is 4.90 Å². The summed E-state index contributed by atoms with van der Waals surface area (Å²) in [5, 5.41) is 0. The van der Waals surface area contributed by atoms with Crippen molar-refractivity contribution in [1.29, 1.82) is 0 Å². The summed E-state index contributed by atoms with van der Waals surface area (Å²) in [5.74, 6) is -0.338. The molecular formula is C16H13NO2. The highest BCUT2D eigenvalue weighted by atomic mass is 16.2. The Kier molecular flexibility index (Phi) is 2.49. The number of benzene rings is 1. The molecule has 0 fully saturated rings. The molecule has 1 aromatic rings. The molecule has 0 atom stereocenters. The zero-order valence-electron chi connectivity index (χ0n) is 10.8. The third-order valence-corrected chi connectivity index (χ3v) is 3.44. The minimum atomic E-state index is -0.169. The van der Waals surface area contributed by atoms with E-state index in [1.165, 1.54) is 0 Å². The summed E-state index contributed by atoms with van der Waals surface area (Å²) in [6, 6.07) is 6.98. The minimum Gasteiger partial charge on any atom is -0.357 e. The van der Waals surface area contributed by atoms with Gasteiger partial charge in [-0.05, 0) is 24.1 Å². The van der Waals surface area contributed by atoms with Gasteiger partial charge in [0, 0.05) is 30.6 Å². The number of hydrogen-bond acceptors (Lipinski definition) is 3. The van der Waals surface area contributed by atoms with Crippen molar-refractivity contribution in [2.75, 3.05) is 7.05 Å². The van der Waals surface area contributed by atoms with Gasteiger partial charge in [-0.3, -0.25) is 9.59 Å². The van der Waals surface area contributed by atoms with Crippen LogP contribution in [0.15, 0.2) is 59.5 Å². The molecule has 0 spiro atoms. The van der Waals surface area contributed by atoms with E-state index in [1.807, 2.05) is 37.3 Å². The standard InChI is InChI=1S/C16H13NO2/c1-10-9-17(2)8-7-11(10)14-15(18)12-5-3-4-6-13(12)16(14)19/h3-9H,1-2H3. The second-order valence-electron chi connectivity index (χ2n) is 4.79. The van der Waals surface area contributed by atoms with Crippen LogP contribution in [0.1, 0.15) is 27.6 Å². The molecule has 2 aliphatic rings. The Morgan fingerprint density at radius 3 is 2.11 bits per heavy atom. The molecule has 19 heavy (non-hydrogen) atoms. The number of allylic oxidation sites excluding steroid dienone is 4. The van der Waals surface area contributed by atoms with Crippen molar-refractivity contribution >= 4 is 11.6 Å². The molecule has 3 nitrogen and oxygen atoms in total. The monoisotopic (exact) mass is 251 g/mol. The lowest BCUT2D eigenvalue weighted by molar-refractivity contribution is 0.0987. The van der Waals surface area contributed by atoms with E-state index in [2.05, 4.69) is 0 Å². The van der Waals surface area contributed by atoms with Gasteiger partial charge in [0.15, 0.2) is 11.6 Å². The molecule has 0 amide bonds. The summed E-state index contributed by atoms with van der Waals surface area (Å²) in [7, 11) is 1.91. The van der Waals surface area contributed by atoms with E-state index in [-0.39, 0.29) is 11.6 Å². The van der Waals surface area contributed by atoms with E-state index in [0.717, 1.165) is 11.1 Å². The summed E-state index contributed by atoms with van der Waals surface area (Å²) in [6.45, 7) is 1.91. The van der Waals surface area contributed by atoms with Crippen LogP contribution in [0.25, 0.3) is 0 Å². The highest BCUT2D eigenvalue weighted by Gasteiger charge is 2.35. The number of nitrogens with zero attached hydrogens (tertiary/aromatic N) is 1. The Morgan fingerprint density at radius 2 is 1.58 bits per heavy atom. The van der Waals surface area contributed by atoms with Gasteiger partial charge >= 0.3 is 0 Å². The van der Waals surface area contributed by atoms with Gasteiger partial charge in [-0.25, -0.2) is 0 Å². The average Bonchev–Trinajstić information content (AvgIpc) is 2.64. The van der Waals surface area contributed by atoms with Crippen molar-refractivity contribution in [2.24, 2.45) is 0 Å². The van der Waals surface area contributed by atoms with Crippen LogP contribution >= 0.6 is 0 Å². The second kappa shape index (κ2) is 4.05. The Balaban J connectivity index is 2.20. The van der Waals surface area contributed by atoms with Crippen LogP contribution in [0.2, 0.25) is 0 Å². The maximum Gasteiger partial charge on any atom is 0.198 e. The average molecular weight is 251 g/mol. The molecular weight excluding hydrogens is 238 g/mol. The molecule has 0 saturated heterocycles. The van der Waals surface area contributed by atoms with E-state index < -0.39 is 0 Å². The van der Waals surface area contributed by atoms with Gasteiger partial charge in [-0.2, -0.15) is 0 Å². The first kappa shape index (κ1) is 11.7. The molecule has 94 valence electrons. The number of fused-ring (bicyclic) bond motifs is 1. The summed E-state index contributed by atoms with van der Waals surface area (Å²) in [5.41, 5.74) is 2.96. The molecule has 1 aliphatic carbocycles. The topological polar surface area (TPSA) is 37.4 Å². The van der Waals surface area contributed by atoms with Crippen LogP contribution in [0.3, 0.4) is 0 Å². The smallest absolute Gasteiger partial charge is 0.198 e. The molecule has 0 aromatic heterocycles. The van der Waals surface area contributed by atoms with E-state index in [9.17, 15) is 9.59 Å². The number of rotatable bonds is 0. The fourth-order valence-electron chi connectivity index (χ4n) is 2.52. The molecule has 0 unspecified atom stereocenters. The molecule has 0 bridgehead atoms. The van der Waals surface area contributed by atoms with Crippen LogP contribution in [0, 0.1) is 0 Å².